The van der Waals surface area contributed by atoms with Crippen LogP contribution in [0.25, 0.3) is 0 Å². The minimum atomic E-state index is -0.669. The largest absolute Gasteiger partial charge is 0.507 e. The Labute approximate surface area is 166 Å². The smallest absolute Gasteiger partial charge is 0.273 e. The van der Waals surface area contributed by atoms with Crippen molar-refractivity contribution in [3.8, 4) is 5.75 Å². The molecule has 0 atom stereocenters. The van der Waals surface area contributed by atoms with Gasteiger partial charge in [0, 0.05) is 5.56 Å². The number of hydrazone groups is 1. The number of phenols is 1. The number of hydrogen-bond acceptors (Lipinski definition) is 4. The fourth-order valence-corrected chi connectivity index (χ4v) is 2.66. The highest BCUT2D eigenvalue weighted by Gasteiger charge is 2.16. The predicted molar refractivity (Wildman–Crippen MR) is 109 cm³/mol. The second kappa shape index (κ2) is 8.79. The molecule has 2 amide bonds. The molecule has 0 bridgehead atoms. The Bertz CT molecular complexity index is 1100. The molecule has 0 unspecified atom stereocenters. The SMILES string of the molecule is CC(=NNC(=O)c1ccccc1NC(=O)c1ccccc1F)c1ccccc1O. The lowest BCUT2D eigenvalue weighted by Gasteiger charge is -2.11. The first-order valence-corrected chi connectivity index (χ1v) is 8.75. The van der Waals surface area contributed by atoms with E-state index in [0.717, 1.165) is 0 Å². The number of carbonyl (C=O) groups excluding carboxylic acids is 2. The fourth-order valence-electron chi connectivity index (χ4n) is 2.66. The number of nitrogens with zero attached hydrogens (tertiary/aromatic N) is 1. The maximum atomic E-state index is 13.8. The maximum Gasteiger partial charge on any atom is 0.273 e. The molecule has 0 saturated heterocycles. The molecule has 0 heterocycles. The zero-order chi connectivity index (χ0) is 20.8. The normalized spacial score (nSPS) is 11.0. The lowest BCUT2D eigenvalue weighted by Crippen LogP contribution is -2.22. The van der Waals surface area contributed by atoms with E-state index in [-0.39, 0.29) is 22.6 Å². The Kier molecular flexibility index (Phi) is 5.99. The first-order chi connectivity index (χ1) is 14.0. The molecule has 3 aromatic carbocycles. The Morgan fingerprint density at radius 2 is 1.41 bits per heavy atom. The monoisotopic (exact) mass is 391 g/mol. The van der Waals surface area contributed by atoms with Crippen LogP contribution in [0, 0.1) is 5.82 Å². The summed E-state index contributed by atoms with van der Waals surface area (Å²) < 4.78 is 13.8. The summed E-state index contributed by atoms with van der Waals surface area (Å²) in [5, 5.41) is 16.4. The molecule has 0 aliphatic rings. The van der Waals surface area contributed by atoms with Crippen molar-refractivity contribution >= 4 is 23.2 Å². The number of aromatic hydroxyl groups is 1. The van der Waals surface area contributed by atoms with Crippen molar-refractivity contribution < 1.29 is 19.1 Å². The van der Waals surface area contributed by atoms with Gasteiger partial charge < -0.3 is 10.4 Å². The van der Waals surface area contributed by atoms with Crippen molar-refractivity contribution in [2.24, 2.45) is 5.10 Å². The topological polar surface area (TPSA) is 90.8 Å². The summed E-state index contributed by atoms with van der Waals surface area (Å²) in [7, 11) is 0. The number of hydrogen-bond donors (Lipinski definition) is 3. The number of rotatable bonds is 5. The average molecular weight is 391 g/mol. The quantitative estimate of drug-likeness (QED) is 0.455. The van der Waals surface area contributed by atoms with E-state index in [1.54, 1.807) is 43.3 Å². The number of benzene rings is 3. The highest BCUT2D eigenvalue weighted by Crippen LogP contribution is 2.18. The molecule has 0 fully saturated rings. The molecule has 29 heavy (non-hydrogen) atoms. The van der Waals surface area contributed by atoms with Crippen molar-refractivity contribution in [1.29, 1.82) is 0 Å². The minimum absolute atomic E-state index is 0.0422. The van der Waals surface area contributed by atoms with Crippen LogP contribution in [0.1, 0.15) is 33.2 Å². The molecular weight excluding hydrogens is 373 g/mol. The molecular formula is C22H18FN3O3. The molecule has 0 aliphatic carbocycles. The van der Waals surface area contributed by atoms with Gasteiger partial charge in [0.25, 0.3) is 11.8 Å². The molecule has 0 saturated carbocycles. The van der Waals surface area contributed by atoms with Crippen molar-refractivity contribution in [2.45, 2.75) is 6.92 Å². The second-order valence-electron chi connectivity index (χ2n) is 6.13. The molecule has 3 N–H and O–H groups in total. The van der Waals surface area contributed by atoms with Crippen molar-refractivity contribution in [3.05, 3.63) is 95.3 Å². The molecule has 0 spiro atoms. The van der Waals surface area contributed by atoms with Gasteiger partial charge in [-0.25, -0.2) is 9.82 Å². The van der Waals surface area contributed by atoms with Gasteiger partial charge in [-0.3, -0.25) is 9.59 Å². The summed E-state index contributed by atoms with van der Waals surface area (Å²) >= 11 is 0. The third-order valence-corrected chi connectivity index (χ3v) is 4.16. The standard InChI is InChI=1S/C22H18FN3O3/c1-14(15-8-4-7-13-20(15)27)25-26-22(29)17-10-3-6-12-19(17)24-21(28)16-9-2-5-11-18(16)23/h2-13,27H,1H3,(H,24,28)(H,26,29). The van der Waals surface area contributed by atoms with Gasteiger partial charge >= 0.3 is 0 Å². The zero-order valence-corrected chi connectivity index (χ0v) is 15.5. The Hall–Kier alpha value is -4.00. The van der Waals surface area contributed by atoms with Crippen molar-refractivity contribution in [2.75, 3.05) is 5.32 Å². The molecule has 0 aromatic heterocycles. The van der Waals surface area contributed by atoms with E-state index >= 15 is 0 Å². The maximum absolute atomic E-state index is 13.8. The molecule has 6 nitrogen and oxygen atoms in total. The van der Waals surface area contributed by atoms with Crippen LogP contribution in [-0.4, -0.2) is 22.6 Å². The third kappa shape index (κ3) is 4.65. The van der Waals surface area contributed by atoms with Crippen LogP contribution < -0.4 is 10.7 Å². The van der Waals surface area contributed by atoms with Gasteiger partial charge in [-0.15, -0.1) is 0 Å². The molecule has 146 valence electrons. The lowest BCUT2D eigenvalue weighted by atomic mass is 10.1. The zero-order valence-electron chi connectivity index (χ0n) is 15.5. The summed E-state index contributed by atoms with van der Waals surface area (Å²) in [6.45, 7) is 1.64. The van der Waals surface area contributed by atoms with Crippen LogP contribution in [0.5, 0.6) is 5.75 Å². The van der Waals surface area contributed by atoms with Gasteiger partial charge in [-0.2, -0.15) is 5.10 Å². The Morgan fingerprint density at radius 3 is 2.10 bits per heavy atom. The summed E-state index contributed by atoms with van der Waals surface area (Å²) in [6.07, 6.45) is 0. The minimum Gasteiger partial charge on any atom is -0.507 e. The van der Waals surface area contributed by atoms with E-state index in [1.807, 2.05) is 0 Å². The highest BCUT2D eigenvalue weighted by molar-refractivity contribution is 6.09. The number of phenolic OH excluding ortho intramolecular Hbond substituents is 1. The Morgan fingerprint density at radius 1 is 0.828 bits per heavy atom. The van der Waals surface area contributed by atoms with Crippen LogP contribution in [0.3, 0.4) is 0 Å². The number of carbonyl (C=O) groups is 2. The van der Waals surface area contributed by atoms with Crippen LogP contribution in [0.15, 0.2) is 77.9 Å². The first kappa shape index (κ1) is 19.8. The van der Waals surface area contributed by atoms with Gasteiger partial charge in [-0.1, -0.05) is 36.4 Å². The van der Waals surface area contributed by atoms with Crippen LogP contribution in [-0.2, 0) is 0 Å². The molecule has 3 rings (SSSR count). The van der Waals surface area contributed by atoms with Crippen LogP contribution in [0.4, 0.5) is 10.1 Å². The number of amides is 2. The number of halogens is 1. The second-order valence-corrected chi connectivity index (χ2v) is 6.13. The number of nitrogens with one attached hydrogen (secondary N) is 2. The molecule has 0 aliphatic heterocycles. The van der Waals surface area contributed by atoms with Gasteiger partial charge in [0.2, 0.25) is 0 Å². The Balaban J connectivity index is 1.79. The third-order valence-electron chi connectivity index (χ3n) is 4.16. The first-order valence-electron chi connectivity index (χ1n) is 8.75. The summed E-state index contributed by atoms with van der Waals surface area (Å²) in [5.41, 5.74) is 3.54. The van der Waals surface area contributed by atoms with E-state index in [9.17, 15) is 19.1 Å². The highest BCUT2D eigenvalue weighted by atomic mass is 19.1. The van der Waals surface area contributed by atoms with E-state index in [1.165, 1.54) is 36.4 Å². The summed E-state index contributed by atoms with van der Waals surface area (Å²) in [5.74, 6) is -1.85. The molecule has 7 heteroatoms. The van der Waals surface area contributed by atoms with E-state index < -0.39 is 17.6 Å². The fraction of sp³-hybridized carbons (Fsp3) is 0.0455. The van der Waals surface area contributed by atoms with Crippen molar-refractivity contribution in [3.63, 3.8) is 0 Å². The number of anilines is 1. The predicted octanol–water partition coefficient (Wildman–Crippen LogP) is 3.94. The summed E-state index contributed by atoms with van der Waals surface area (Å²) in [4.78, 5) is 24.9. The molecule has 3 aromatic rings. The van der Waals surface area contributed by atoms with Crippen molar-refractivity contribution in [1.82, 2.24) is 5.43 Å². The van der Waals surface area contributed by atoms with Gasteiger partial charge in [0.15, 0.2) is 0 Å². The number of para-hydroxylation sites is 2. The van der Waals surface area contributed by atoms with Gasteiger partial charge in [0.1, 0.15) is 11.6 Å². The van der Waals surface area contributed by atoms with E-state index in [0.29, 0.717) is 11.3 Å². The van der Waals surface area contributed by atoms with Crippen LogP contribution in [0.2, 0.25) is 0 Å². The van der Waals surface area contributed by atoms with Gasteiger partial charge in [0.05, 0.1) is 22.5 Å². The average Bonchev–Trinajstić information content (AvgIpc) is 2.72. The van der Waals surface area contributed by atoms with Crippen LogP contribution >= 0.6 is 0 Å². The van der Waals surface area contributed by atoms with E-state index in [4.69, 9.17) is 0 Å². The van der Waals surface area contributed by atoms with E-state index in [2.05, 4.69) is 15.8 Å². The lowest BCUT2D eigenvalue weighted by molar-refractivity contribution is 0.0955. The summed E-state index contributed by atoms with van der Waals surface area (Å²) in [6, 6.07) is 18.5. The molecule has 0 radical (unpaired) electrons. The van der Waals surface area contributed by atoms with Gasteiger partial charge in [-0.05, 0) is 43.3 Å².